The van der Waals surface area contributed by atoms with E-state index in [9.17, 15) is 31.1 Å². The smallest absolute Gasteiger partial charge is 0.350 e. The molecule has 4 rings (SSSR count). The van der Waals surface area contributed by atoms with Crippen LogP contribution >= 0.6 is 0 Å². The lowest BCUT2D eigenvalue weighted by atomic mass is 10.1. The molecule has 0 atom stereocenters. The summed E-state index contributed by atoms with van der Waals surface area (Å²) >= 11 is 0. The van der Waals surface area contributed by atoms with Gasteiger partial charge in [0.15, 0.2) is 0 Å². The third-order valence-electron chi connectivity index (χ3n) is 5.09. The molecular weight excluding hydrogens is 466 g/mol. The first kappa shape index (κ1) is 23.3. The van der Waals surface area contributed by atoms with E-state index in [0.29, 0.717) is 22.0 Å². The largest absolute Gasteiger partial charge is 0.471 e. The summed E-state index contributed by atoms with van der Waals surface area (Å²) in [5.41, 5.74) is 1.49. The number of hydrogen-bond acceptors (Lipinski definition) is 4. The highest BCUT2D eigenvalue weighted by Gasteiger charge is 2.38. The van der Waals surface area contributed by atoms with Crippen LogP contribution < -0.4 is 5.32 Å². The molecule has 0 saturated carbocycles. The number of amides is 1. The van der Waals surface area contributed by atoms with Crippen LogP contribution in [0.4, 0.5) is 26.3 Å². The van der Waals surface area contributed by atoms with Crippen molar-refractivity contribution in [2.75, 3.05) is 0 Å². The molecule has 0 unspecified atom stereocenters. The summed E-state index contributed by atoms with van der Waals surface area (Å²) in [6.07, 6.45) is -7.47. The first-order valence-corrected chi connectivity index (χ1v) is 9.85. The first-order chi connectivity index (χ1) is 15.9. The van der Waals surface area contributed by atoms with Crippen molar-refractivity contribution in [1.82, 2.24) is 20.0 Å². The normalized spacial score (nSPS) is 12.3. The molecule has 0 radical (unpaired) electrons. The van der Waals surface area contributed by atoms with Crippen molar-refractivity contribution in [2.45, 2.75) is 32.4 Å². The average molecular weight is 482 g/mol. The summed E-state index contributed by atoms with van der Waals surface area (Å²) < 4.78 is 82.0. The predicted octanol–water partition coefficient (Wildman–Crippen LogP) is 5.35. The standard InChI is InChI=1S/C22H16F6N4O2/c1-12-10-32(11-18(33)29-9-13-2-5-15(6-3-13)21(23,24)25)17-7-4-14(8-16(12)17)19-30-20(34-31-19)22(26,27)28/h2-8,10H,9,11H2,1H3,(H,29,33). The van der Waals surface area contributed by atoms with Gasteiger partial charge in [0.2, 0.25) is 11.7 Å². The summed E-state index contributed by atoms with van der Waals surface area (Å²) in [5, 5.41) is 6.72. The Hall–Kier alpha value is -3.83. The maximum Gasteiger partial charge on any atom is 0.471 e. The van der Waals surface area contributed by atoms with Gasteiger partial charge in [0, 0.05) is 29.2 Å². The van der Waals surface area contributed by atoms with Gasteiger partial charge in [-0.15, -0.1) is 0 Å². The second-order valence-corrected chi connectivity index (χ2v) is 7.56. The van der Waals surface area contributed by atoms with Crippen molar-refractivity contribution in [1.29, 1.82) is 0 Å². The van der Waals surface area contributed by atoms with Gasteiger partial charge in [0.25, 0.3) is 0 Å². The van der Waals surface area contributed by atoms with Crippen molar-refractivity contribution < 1.29 is 35.7 Å². The highest BCUT2D eigenvalue weighted by Crippen LogP contribution is 2.31. The van der Waals surface area contributed by atoms with Gasteiger partial charge < -0.3 is 14.4 Å². The van der Waals surface area contributed by atoms with E-state index in [1.165, 1.54) is 18.2 Å². The Morgan fingerprint density at radius 3 is 2.35 bits per heavy atom. The van der Waals surface area contributed by atoms with E-state index >= 15 is 0 Å². The van der Waals surface area contributed by atoms with E-state index in [1.807, 2.05) is 0 Å². The highest BCUT2D eigenvalue weighted by molar-refractivity contribution is 5.89. The summed E-state index contributed by atoms with van der Waals surface area (Å²) in [6.45, 7) is 1.77. The average Bonchev–Trinajstić information content (AvgIpc) is 3.37. The molecule has 0 fully saturated rings. The Morgan fingerprint density at radius 1 is 1.03 bits per heavy atom. The molecule has 178 valence electrons. The van der Waals surface area contributed by atoms with Gasteiger partial charge in [-0.25, -0.2) is 0 Å². The minimum atomic E-state index is -4.75. The quantitative estimate of drug-likeness (QED) is 0.389. The van der Waals surface area contributed by atoms with Crippen LogP contribution in [0.1, 0.15) is 22.6 Å². The van der Waals surface area contributed by atoms with Gasteiger partial charge in [0.1, 0.15) is 6.54 Å². The molecule has 34 heavy (non-hydrogen) atoms. The Balaban J connectivity index is 1.46. The molecule has 1 N–H and O–H groups in total. The monoisotopic (exact) mass is 482 g/mol. The second kappa shape index (κ2) is 8.50. The van der Waals surface area contributed by atoms with Gasteiger partial charge in [-0.1, -0.05) is 17.3 Å². The minimum absolute atomic E-state index is 0.0542. The molecule has 0 saturated heterocycles. The molecular formula is C22H16F6N4O2. The van der Waals surface area contributed by atoms with E-state index in [0.717, 1.165) is 17.7 Å². The van der Waals surface area contributed by atoms with Crippen LogP contribution in [0.3, 0.4) is 0 Å². The summed E-state index contributed by atoms with van der Waals surface area (Å²) in [4.78, 5) is 15.8. The van der Waals surface area contributed by atoms with Crippen LogP contribution in [0, 0.1) is 6.92 Å². The first-order valence-electron chi connectivity index (χ1n) is 9.85. The van der Waals surface area contributed by atoms with Crippen LogP contribution in [-0.2, 0) is 30.2 Å². The molecule has 0 aliphatic carbocycles. The van der Waals surface area contributed by atoms with Crippen molar-refractivity contribution in [3.05, 3.63) is 71.2 Å². The predicted molar refractivity (Wildman–Crippen MR) is 108 cm³/mol. The lowest BCUT2D eigenvalue weighted by molar-refractivity contribution is -0.159. The topological polar surface area (TPSA) is 73.0 Å². The van der Waals surface area contributed by atoms with Crippen LogP contribution in [0.15, 0.2) is 53.2 Å². The lowest BCUT2D eigenvalue weighted by Crippen LogP contribution is -2.26. The number of carbonyl (C=O) groups is 1. The van der Waals surface area contributed by atoms with Gasteiger partial charge >= 0.3 is 18.2 Å². The molecule has 12 heteroatoms. The Kier molecular flexibility index (Phi) is 5.84. The number of halogens is 6. The maximum absolute atomic E-state index is 12.7. The third kappa shape index (κ3) is 4.90. The molecule has 2 aromatic carbocycles. The molecule has 6 nitrogen and oxygen atoms in total. The molecule has 0 bridgehead atoms. The van der Waals surface area contributed by atoms with E-state index in [-0.39, 0.29) is 24.8 Å². The number of aryl methyl sites for hydroxylation is 1. The van der Waals surface area contributed by atoms with Gasteiger partial charge in [-0.05, 0) is 48.4 Å². The molecule has 1 amide bonds. The van der Waals surface area contributed by atoms with Crippen molar-refractivity contribution >= 4 is 16.8 Å². The lowest BCUT2D eigenvalue weighted by Gasteiger charge is -2.10. The zero-order valence-corrected chi connectivity index (χ0v) is 17.5. The van der Waals surface area contributed by atoms with E-state index in [4.69, 9.17) is 0 Å². The minimum Gasteiger partial charge on any atom is -0.350 e. The fourth-order valence-electron chi connectivity index (χ4n) is 3.42. The van der Waals surface area contributed by atoms with Crippen molar-refractivity contribution in [3.63, 3.8) is 0 Å². The number of benzene rings is 2. The van der Waals surface area contributed by atoms with Crippen LogP contribution in [0.2, 0.25) is 0 Å². The fraction of sp³-hybridized carbons (Fsp3) is 0.227. The molecule has 0 spiro atoms. The number of fused-ring (bicyclic) bond motifs is 1. The molecule has 2 heterocycles. The third-order valence-corrected chi connectivity index (χ3v) is 5.09. The van der Waals surface area contributed by atoms with Crippen LogP contribution in [-0.4, -0.2) is 20.6 Å². The Bertz CT molecular complexity index is 1340. The number of nitrogens with zero attached hydrogens (tertiary/aromatic N) is 3. The SMILES string of the molecule is Cc1cn(CC(=O)NCc2ccc(C(F)(F)F)cc2)c2ccc(-c3noc(C(F)(F)F)n3)cc12. The fourth-order valence-corrected chi connectivity index (χ4v) is 3.42. The van der Waals surface area contributed by atoms with Crippen molar-refractivity contribution in [3.8, 4) is 11.4 Å². The Labute approximate surface area is 188 Å². The van der Waals surface area contributed by atoms with E-state index < -0.39 is 23.8 Å². The maximum atomic E-state index is 12.7. The second-order valence-electron chi connectivity index (χ2n) is 7.56. The number of alkyl halides is 6. The molecule has 2 aromatic heterocycles. The molecule has 0 aliphatic rings. The Morgan fingerprint density at radius 2 is 1.74 bits per heavy atom. The number of carbonyl (C=O) groups excluding carboxylic acids is 1. The summed E-state index contributed by atoms with van der Waals surface area (Å²) in [6, 6.07) is 9.23. The van der Waals surface area contributed by atoms with Gasteiger partial charge in [0.05, 0.1) is 5.56 Å². The van der Waals surface area contributed by atoms with Gasteiger partial charge in [-0.2, -0.15) is 31.3 Å². The zero-order valence-electron chi connectivity index (χ0n) is 17.5. The van der Waals surface area contributed by atoms with Crippen molar-refractivity contribution in [2.24, 2.45) is 0 Å². The van der Waals surface area contributed by atoms with E-state index in [2.05, 4.69) is 20.0 Å². The van der Waals surface area contributed by atoms with Crippen LogP contribution in [0.25, 0.3) is 22.3 Å². The number of nitrogens with one attached hydrogen (secondary N) is 1. The summed E-state index contributed by atoms with van der Waals surface area (Å²) in [5.74, 6) is -2.02. The van der Waals surface area contributed by atoms with Gasteiger partial charge in [-0.3, -0.25) is 4.79 Å². The highest BCUT2D eigenvalue weighted by atomic mass is 19.4. The summed E-state index contributed by atoms with van der Waals surface area (Å²) in [7, 11) is 0. The molecule has 0 aliphatic heterocycles. The molecule has 4 aromatic rings. The zero-order chi connectivity index (χ0) is 24.7. The number of hydrogen-bond donors (Lipinski definition) is 1. The number of aromatic nitrogens is 3. The number of rotatable bonds is 5. The van der Waals surface area contributed by atoms with Crippen LogP contribution in [0.5, 0.6) is 0 Å². The van der Waals surface area contributed by atoms with E-state index in [1.54, 1.807) is 29.8 Å².